The summed E-state index contributed by atoms with van der Waals surface area (Å²) in [5, 5.41) is 0. The monoisotopic (exact) mass is 373 g/mol. The van der Waals surface area contributed by atoms with Crippen molar-refractivity contribution in [1.29, 1.82) is 0 Å². The Morgan fingerprint density at radius 1 is 1.33 bits per heavy atom. The number of amides is 1. The first-order chi connectivity index (χ1) is 9.85. The standard InChI is InChI=1S/C15H20BrNO3S/c1-12-5-7-17(8-6-12)15(18)11-21(19,20)10-13-3-2-4-14(16)9-13/h2-4,9,12H,5-8,10-11H2,1H3. The zero-order chi connectivity index (χ0) is 15.5. The molecule has 6 heteroatoms. The van der Waals surface area contributed by atoms with E-state index in [0.717, 1.165) is 17.3 Å². The third kappa shape index (κ3) is 5.11. The van der Waals surface area contributed by atoms with Gasteiger partial charge < -0.3 is 4.90 Å². The van der Waals surface area contributed by atoms with E-state index in [2.05, 4.69) is 22.9 Å². The van der Waals surface area contributed by atoms with Crippen LogP contribution < -0.4 is 0 Å². The smallest absolute Gasteiger partial charge is 0.237 e. The van der Waals surface area contributed by atoms with Crippen molar-refractivity contribution >= 4 is 31.7 Å². The van der Waals surface area contributed by atoms with E-state index in [0.29, 0.717) is 24.6 Å². The van der Waals surface area contributed by atoms with Crippen LogP contribution in [0, 0.1) is 5.92 Å². The number of carbonyl (C=O) groups is 1. The van der Waals surface area contributed by atoms with Crippen LogP contribution in [0.3, 0.4) is 0 Å². The Morgan fingerprint density at radius 2 is 2.00 bits per heavy atom. The average Bonchev–Trinajstić information content (AvgIpc) is 2.38. The fourth-order valence-electron chi connectivity index (χ4n) is 2.47. The number of hydrogen-bond acceptors (Lipinski definition) is 3. The quantitative estimate of drug-likeness (QED) is 0.814. The number of sulfone groups is 1. The number of hydrogen-bond donors (Lipinski definition) is 0. The molecule has 1 amide bonds. The lowest BCUT2D eigenvalue weighted by atomic mass is 9.99. The highest BCUT2D eigenvalue weighted by atomic mass is 79.9. The Bertz CT molecular complexity index is 607. The second kappa shape index (κ2) is 6.92. The summed E-state index contributed by atoms with van der Waals surface area (Å²) >= 11 is 3.32. The largest absolute Gasteiger partial charge is 0.342 e. The van der Waals surface area contributed by atoms with Crippen molar-refractivity contribution in [3.8, 4) is 0 Å². The molecule has 0 bridgehead atoms. The van der Waals surface area contributed by atoms with Gasteiger partial charge in [0.25, 0.3) is 0 Å². The van der Waals surface area contributed by atoms with E-state index >= 15 is 0 Å². The number of piperidine rings is 1. The topological polar surface area (TPSA) is 54.5 Å². The number of benzene rings is 1. The summed E-state index contributed by atoms with van der Waals surface area (Å²) in [5.74, 6) is -0.139. The van der Waals surface area contributed by atoms with E-state index in [1.165, 1.54) is 0 Å². The Morgan fingerprint density at radius 3 is 2.62 bits per heavy atom. The Hall–Kier alpha value is -0.880. The van der Waals surface area contributed by atoms with Gasteiger partial charge in [-0.25, -0.2) is 8.42 Å². The van der Waals surface area contributed by atoms with Crippen molar-refractivity contribution in [2.75, 3.05) is 18.8 Å². The lowest BCUT2D eigenvalue weighted by Gasteiger charge is -2.30. The highest BCUT2D eigenvalue weighted by Gasteiger charge is 2.25. The molecule has 0 unspecified atom stereocenters. The molecule has 0 N–H and O–H groups in total. The molecule has 1 aliphatic rings. The summed E-state index contributed by atoms with van der Waals surface area (Å²) in [7, 11) is -3.43. The molecule has 0 atom stereocenters. The van der Waals surface area contributed by atoms with Crippen LogP contribution in [0.25, 0.3) is 0 Å². The number of likely N-dealkylation sites (tertiary alicyclic amines) is 1. The van der Waals surface area contributed by atoms with Gasteiger partial charge in [-0.05, 0) is 36.5 Å². The van der Waals surface area contributed by atoms with Crippen LogP contribution in [-0.4, -0.2) is 38.1 Å². The Labute approximate surface area is 134 Å². The van der Waals surface area contributed by atoms with E-state index in [1.54, 1.807) is 23.1 Å². The Kier molecular flexibility index (Phi) is 5.43. The molecule has 0 aliphatic carbocycles. The lowest BCUT2D eigenvalue weighted by molar-refractivity contribution is -0.129. The van der Waals surface area contributed by atoms with Gasteiger partial charge in [-0.1, -0.05) is 35.0 Å². The Balaban J connectivity index is 1.96. The molecule has 2 rings (SSSR count). The van der Waals surface area contributed by atoms with Gasteiger partial charge in [-0.3, -0.25) is 4.79 Å². The summed E-state index contributed by atoms with van der Waals surface area (Å²) < 4.78 is 25.2. The molecular weight excluding hydrogens is 354 g/mol. The van der Waals surface area contributed by atoms with Crippen LogP contribution in [0.5, 0.6) is 0 Å². The van der Waals surface area contributed by atoms with E-state index < -0.39 is 15.6 Å². The summed E-state index contributed by atoms with van der Waals surface area (Å²) in [4.78, 5) is 13.8. The summed E-state index contributed by atoms with van der Waals surface area (Å²) in [6, 6.07) is 7.17. The maximum Gasteiger partial charge on any atom is 0.237 e. The number of halogens is 1. The normalized spacial score (nSPS) is 17.0. The maximum atomic E-state index is 12.2. The van der Waals surface area contributed by atoms with Crippen molar-refractivity contribution in [2.24, 2.45) is 5.92 Å². The molecule has 1 aromatic rings. The van der Waals surface area contributed by atoms with Gasteiger partial charge in [0.15, 0.2) is 9.84 Å². The van der Waals surface area contributed by atoms with Gasteiger partial charge in [0, 0.05) is 17.6 Å². The van der Waals surface area contributed by atoms with Crippen LogP contribution in [0.1, 0.15) is 25.3 Å². The SMILES string of the molecule is CC1CCN(C(=O)CS(=O)(=O)Cc2cccc(Br)c2)CC1. The van der Waals surface area contributed by atoms with Gasteiger partial charge in [-0.2, -0.15) is 0 Å². The number of carbonyl (C=O) groups excluding carboxylic acids is 1. The first kappa shape index (κ1) is 16.5. The van der Waals surface area contributed by atoms with Crippen LogP contribution in [0.15, 0.2) is 28.7 Å². The van der Waals surface area contributed by atoms with Crippen LogP contribution >= 0.6 is 15.9 Å². The van der Waals surface area contributed by atoms with Crippen molar-refractivity contribution in [2.45, 2.75) is 25.5 Å². The van der Waals surface area contributed by atoms with Gasteiger partial charge in [0.2, 0.25) is 5.91 Å². The third-order valence-electron chi connectivity index (χ3n) is 3.76. The zero-order valence-electron chi connectivity index (χ0n) is 12.1. The summed E-state index contributed by atoms with van der Waals surface area (Å²) in [5.41, 5.74) is 0.699. The molecule has 1 saturated heterocycles. The highest BCUT2D eigenvalue weighted by Crippen LogP contribution is 2.18. The van der Waals surface area contributed by atoms with Crippen LogP contribution in [0.2, 0.25) is 0 Å². The minimum atomic E-state index is -3.43. The summed E-state index contributed by atoms with van der Waals surface area (Å²) in [6.07, 6.45) is 1.91. The van der Waals surface area contributed by atoms with Crippen LogP contribution in [-0.2, 0) is 20.4 Å². The van der Waals surface area contributed by atoms with E-state index in [1.807, 2.05) is 6.07 Å². The molecule has 0 aromatic heterocycles. The maximum absolute atomic E-state index is 12.2. The predicted octanol–water partition coefficient (Wildman–Crippen LogP) is 2.62. The molecule has 0 radical (unpaired) electrons. The zero-order valence-corrected chi connectivity index (χ0v) is 14.5. The minimum Gasteiger partial charge on any atom is -0.342 e. The molecule has 1 fully saturated rings. The number of rotatable bonds is 4. The first-order valence-corrected chi connectivity index (χ1v) is 9.70. The van der Waals surface area contributed by atoms with Crippen molar-refractivity contribution < 1.29 is 13.2 Å². The fourth-order valence-corrected chi connectivity index (χ4v) is 4.26. The van der Waals surface area contributed by atoms with Gasteiger partial charge in [0.05, 0.1) is 5.75 Å². The molecule has 21 heavy (non-hydrogen) atoms. The molecule has 1 aromatic carbocycles. The molecular formula is C15H20BrNO3S. The fraction of sp³-hybridized carbons (Fsp3) is 0.533. The molecule has 4 nitrogen and oxygen atoms in total. The predicted molar refractivity (Wildman–Crippen MR) is 86.6 cm³/mol. The average molecular weight is 374 g/mol. The summed E-state index contributed by atoms with van der Waals surface area (Å²) in [6.45, 7) is 3.50. The lowest BCUT2D eigenvalue weighted by Crippen LogP contribution is -2.41. The molecule has 1 heterocycles. The second-order valence-electron chi connectivity index (χ2n) is 5.73. The van der Waals surface area contributed by atoms with Crippen molar-refractivity contribution in [3.63, 3.8) is 0 Å². The highest BCUT2D eigenvalue weighted by molar-refractivity contribution is 9.10. The van der Waals surface area contributed by atoms with Gasteiger partial charge >= 0.3 is 0 Å². The molecule has 116 valence electrons. The first-order valence-electron chi connectivity index (χ1n) is 7.08. The van der Waals surface area contributed by atoms with Crippen LogP contribution in [0.4, 0.5) is 0 Å². The third-order valence-corrected chi connectivity index (χ3v) is 5.71. The van der Waals surface area contributed by atoms with Crippen molar-refractivity contribution in [3.05, 3.63) is 34.3 Å². The minimum absolute atomic E-state index is 0.0948. The number of nitrogens with zero attached hydrogens (tertiary/aromatic N) is 1. The van der Waals surface area contributed by atoms with E-state index in [4.69, 9.17) is 0 Å². The van der Waals surface area contributed by atoms with E-state index in [9.17, 15) is 13.2 Å². The molecule has 0 spiro atoms. The van der Waals surface area contributed by atoms with E-state index in [-0.39, 0.29) is 11.7 Å². The van der Waals surface area contributed by atoms with Gasteiger partial charge in [0.1, 0.15) is 5.75 Å². The molecule has 1 aliphatic heterocycles. The molecule has 0 saturated carbocycles. The van der Waals surface area contributed by atoms with Crippen molar-refractivity contribution in [1.82, 2.24) is 4.90 Å². The van der Waals surface area contributed by atoms with Gasteiger partial charge in [-0.15, -0.1) is 0 Å². The second-order valence-corrected chi connectivity index (χ2v) is 8.71.